The van der Waals surface area contributed by atoms with Crippen LogP contribution in [0.4, 0.5) is 0 Å². The molecule has 0 heterocycles. The molecule has 176 valence electrons. The molecule has 0 saturated carbocycles. The molecule has 2 N–H and O–H groups in total. The highest BCUT2D eigenvalue weighted by Crippen LogP contribution is 2.26. The Labute approximate surface area is 193 Å². The third-order valence-electron chi connectivity index (χ3n) is 5.53. The van der Waals surface area contributed by atoms with Crippen LogP contribution in [0.2, 0.25) is 0 Å². The highest BCUT2D eigenvalue weighted by molar-refractivity contribution is 7.90. The molecule has 0 aliphatic heterocycles. The Balaban J connectivity index is 1.90. The molecular weight excluding hydrogens is 422 g/mol. The minimum absolute atomic E-state index is 0.156. The lowest BCUT2D eigenvalue weighted by Crippen LogP contribution is -2.46. The van der Waals surface area contributed by atoms with Crippen molar-refractivity contribution in [3.63, 3.8) is 0 Å². The summed E-state index contributed by atoms with van der Waals surface area (Å²) in [7, 11) is -3.45. The van der Waals surface area contributed by atoms with Gasteiger partial charge in [-0.1, -0.05) is 55.0 Å². The number of sulfonamides is 1. The van der Waals surface area contributed by atoms with Gasteiger partial charge in [-0.25, -0.2) is 13.1 Å². The number of nitrogens with one attached hydrogen (secondary N) is 2. The van der Waals surface area contributed by atoms with Crippen LogP contribution >= 0.6 is 0 Å². The number of rotatable bonds is 8. The lowest BCUT2D eigenvalue weighted by molar-refractivity contribution is -0.118. The van der Waals surface area contributed by atoms with E-state index in [1.54, 1.807) is 45.2 Å². The van der Waals surface area contributed by atoms with Crippen LogP contribution in [-0.4, -0.2) is 36.9 Å². The summed E-state index contributed by atoms with van der Waals surface area (Å²) in [5.41, 5.74) is 1.35. The maximum absolute atomic E-state index is 12.8. The highest BCUT2D eigenvalue weighted by atomic mass is 32.2. The van der Waals surface area contributed by atoms with Crippen molar-refractivity contribution in [2.45, 2.75) is 77.1 Å². The van der Waals surface area contributed by atoms with E-state index in [-0.39, 0.29) is 11.9 Å². The fourth-order valence-electron chi connectivity index (χ4n) is 3.32. The molecule has 3 unspecified atom stereocenters. The summed E-state index contributed by atoms with van der Waals surface area (Å²) in [6.07, 6.45) is 19.3. The molecule has 0 radical (unpaired) electrons. The second kappa shape index (κ2) is 10.6. The number of nitrogens with zero attached hydrogens (tertiary/aromatic N) is 1. The Kier molecular flexibility index (Phi) is 8.60. The lowest BCUT2D eigenvalue weighted by atomic mass is 9.87. The maximum atomic E-state index is 12.8. The number of carbonyl (C=O) groups excluding carboxylic acids is 1. The van der Waals surface area contributed by atoms with Crippen molar-refractivity contribution in [2.24, 2.45) is 10.9 Å². The van der Waals surface area contributed by atoms with Gasteiger partial charge in [0, 0.05) is 24.0 Å². The molecule has 32 heavy (non-hydrogen) atoms. The minimum atomic E-state index is -3.45. The van der Waals surface area contributed by atoms with Gasteiger partial charge >= 0.3 is 0 Å². The van der Waals surface area contributed by atoms with Gasteiger partial charge in [0.1, 0.15) is 0 Å². The molecule has 2 rings (SSSR count). The quantitative estimate of drug-likeness (QED) is 0.529. The SMILES string of the molecule is C/C=N\C=C/C(C)CC1=CCC(C)(NC(=O)C2=CCC(NS(=O)(=O)C(C)(C)C)C=C2)C=C1. The number of aliphatic imine (C=N–C) groups is 1. The predicted molar refractivity (Wildman–Crippen MR) is 133 cm³/mol. The molecule has 3 atom stereocenters. The molecule has 0 saturated heterocycles. The molecule has 0 bridgehead atoms. The van der Waals surface area contributed by atoms with Gasteiger partial charge in [-0.2, -0.15) is 0 Å². The van der Waals surface area contributed by atoms with Crippen LogP contribution in [0.5, 0.6) is 0 Å². The fraction of sp³-hybridized carbons (Fsp3) is 0.520. The smallest absolute Gasteiger partial charge is 0.251 e. The van der Waals surface area contributed by atoms with Crippen LogP contribution in [-0.2, 0) is 14.8 Å². The van der Waals surface area contributed by atoms with E-state index in [2.05, 4.69) is 40.2 Å². The second-order valence-corrected chi connectivity index (χ2v) is 12.2. The number of hydrogen-bond donors (Lipinski definition) is 2. The summed E-state index contributed by atoms with van der Waals surface area (Å²) in [4.78, 5) is 16.9. The molecule has 0 aromatic heterocycles. The Hall–Kier alpha value is -2.25. The fourth-order valence-corrected chi connectivity index (χ4v) is 4.25. The molecule has 2 aliphatic carbocycles. The van der Waals surface area contributed by atoms with E-state index in [0.29, 0.717) is 17.9 Å². The van der Waals surface area contributed by atoms with Crippen molar-refractivity contribution >= 4 is 22.1 Å². The van der Waals surface area contributed by atoms with Gasteiger partial charge in [0.25, 0.3) is 5.91 Å². The number of allylic oxidation sites excluding steroid dienone is 3. The van der Waals surface area contributed by atoms with Crippen LogP contribution in [0.15, 0.2) is 64.9 Å². The zero-order chi connectivity index (χ0) is 24.0. The monoisotopic (exact) mass is 459 g/mol. The van der Waals surface area contributed by atoms with Gasteiger partial charge < -0.3 is 5.32 Å². The van der Waals surface area contributed by atoms with Crippen LogP contribution in [0.25, 0.3) is 0 Å². The summed E-state index contributed by atoms with van der Waals surface area (Å²) in [5.74, 6) is 0.228. The number of amides is 1. The molecule has 7 heteroatoms. The average molecular weight is 460 g/mol. The van der Waals surface area contributed by atoms with Gasteiger partial charge in [0.05, 0.1) is 10.3 Å². The Morgan fingerprint density at radius 3 is 2.56 bits per heavy atom. The standard InChI is InChI=1S/C25H37N3O3S/c1-7-26-17-14-19(2)18-20-12-15-25(6,16-13-20)27-23(29)21-8-10-22(11-9-21)28-32(30,31)24(3,4)5/h7-10,12-15,17,19,22,28H,11,16,18H2,1-6H3,(H,27,29)/b17-14-,26-7-. The summed E-state index contributed by atoms with van der Waals surface area (Å²) >= 11 is 0. The van der Waals surface area contributed by atoms with E-state index in [1.807, 2.05) is 26.1 Å². The average Bonchev–Trinajstić information content (AvgIpc) is 2.69. The van der Waals surface area contributed by atoms with Crippen molar-refractivity contribution in [1.29, 1.82) is 0 Å². The van der Waals surface area contributed by atoms with Gasteiger partial charge in [0.2, 0.25) is 10.0 Å². The predicted octanol–water partition coefficient (Wildman–Crippen LogP) is 4.35. The first-order chi connectivity index (χ1) is 14.9. The van der Waals surface area contributed by atoms with Crippen LogP contribution in [0, 0.1) is 5.92 Å². The normalized spacial score (nSPS) is 25.1. The van der Waals surface area contributed by atoms with Crippen LogP contribution < -0.4 is 10.0 Å². The van der Waals surface area contributed by atoms with Gasteiger partial charge in [-0.3, -0.25) is 9.79 Å². The van der Waals surface area contributed by atoms with E-state index in [0.717, 1.165) is 12.8 Å². The van der Waals surface area contributed by atoms with E-state index >= 15 is 0 Å². The van der Waals surface area contributed by atoms with Crippen LogP contribution in [0.1, 0.15) is 60.8 Å². The van der Waals surface area contributed by atoms with Gasteiger partial charge in [-0.05, 0) is 59.8 Å². The number of carbonyl (C=O) groups is 1. The summed E-state index contributed by atoms with van der Waals surface area (Å²) in [6.45, 7) is 11.0. The van der Waals surface area contributed by atoms with Crippen molar-refractivity contribution in [3.8, 4) is 0 Å². The third-order valence-corrected chi connectivity index (χ3v) is 7.76. The van der Waals surface area contributed by atoms with Crippen molar-refractivity contribution in [3.05, 3.63) is 59.9 Å². The van der Waals surface area contributed by atoms with Crippen LogP contribution in [0.3, 0.4) is 0 Å². The zero-order valence-electron chi connectivity index (χ0n) is 20.1. The Morgan fingerprint density at radius 1 is 1.31 bits per heavy atom. The molecule has 0 fully saturated rings. The Bertz CT molecular complexity index is 978. The summed E-state index contributed by atoms with van der Waals surface area (Å²) < 4.78 is 26.5. The molecule has 0 aromatic carbocycles. The molecule has 0 spiro atoms. The maximum Gasteiger partial charge on any atom is 0.251 e. The summed E-state index contributed by atoms with van der Waals surface area (Å²) in [6, 6.07) is -0.342. The van der Waals surface area contributed by atoms with E-state index < -0.39 is 20.3 Å². The first kappa shape index (κ1) is 26.0. The lowest BCUT2D eigenvalue weighted by Gasteiger charge is -2.30. The topological polar surface area (TPSA) is 87.6 Å². The van der Waals surface area contributed by atoms with E-state index in [4.69, 9.17) is 0 Å². The van der Waals surface area contributed by atoms with Gasteiger partial charge in [0.15, 0.2) is 0 Å². The number of hydrogen-bond acceptors (Lipinski definition) is 4. The molecule has 2 aliphatic rings. The van der Waals surface area contributed by atoms with Gasteiger partial charge in [-0.15, -0.1) is 0 Å². The molecule has 6 nitrogen and oxygen atoms in total. The largest absolute Gasteiger partial charge is 0.343 e. The van der Waals surface area contributed by atoms with Crippen molar-refractivity contribution in [1.82, 2.24) is 10.0 Å². The Morgan fingerprint density at radius 2 is 2.03 bits per heavy atom. The molecular formula is C25H37N3O3S. The molecule has 0 aromatic rings. The summed E-state index contributed by atoms with van der Waals surface area (Å²) in [5, 5.41) is 3.11. The third kappa shape index (κ3) is 7.41. The first-order valence-electron chi connectivity index (χ1n) is 11.1. The first-order valence-corrected chi connectivity index (χ1v) is 12.6. The van der Waals surface area contributed by atoms with E-state index in [1.165, 1.54) is 5.57 Å². The van der Waals surface area contributed by atoms with Crippen molar-refractivity contribution in [2.75, 3.05) is 0 Å². The minimum Gasteiger partial charge on any atom is -0.343 e. The van der Waals surface area contributed by atoms with E-state index in [9.17, 15) is 13.2 Å². The second-order valence-electron chi connectivity index (χ2n) is 9.71. The highest BCUT2D eigenvalue weighted by Gasteiger charge is 2.31. The molecule has 1 amide bonds. The van der Waals surface area contributed by atoms with Crippen molar-refractivity contribution < 1.29 is 13.2 Å². The zero-order valence-corrected chi connectivity index (χ0v) is 20.9.